The minimum Gasteiger partial charge on any atom is -0.455 e. The summed E-state index contributed by atoms with van der Waals surface area (Å²) < 4.78 is 19.0. The van der Waals surface area contributed by atoms with E-state index in [2.05, 4.69) is 0 Å². The minimum atomic E-state index is -0.340. The topological polar surface area (TPSA) is 35.2 Å². The Kier molecular flexibility index (Phi) is 4.40. The van der Waals surface area contributed by atoms with E-state index in [1.165, 1.54) is 12.1 Å². The van der Waals surface area contributed by atoms with Gasteiger partial charge in [-0.2, -0.15) is 0 Å². The molecule has 2 N–H and O–H groups in total. The van der Waals surface area contributed by atoms with Crippen LogP contribution in [0, 0.1) is 12.7 Å². The normalized spacial score (nSPS) is 10.5. The van der Waals surface area contributed by atoms with Crippen molar-refractivity contribution >= 4 is 11.6 Å². The van der Waals surface area contributed by atoms with Gasteiger partial charge in [0, 0.05) is 6.07 Å². The lowest BCUT2D eigenvalue weighted by atomic mass is 10.1. The average Bonchev–Trinajstić information content (AvgIpc) is 2.38. The first-order valence-electron chi connectivity index (χ1n) is 6.03. The summed E-state index contributed by atoms with van der Waals surface area (Å²) in [6.07, 6.45) is 0.657. The van der Waals surface area contributed by atoms with Crippen LogP contribution in [0.1, 0.15) is 11.1 Å². The number of aryl methyl sites for hydroxylation is 1. The SMILES string of the molecule is Cc1ccc(F)cc1Oc1c(Cl)cccc1CCN. The van der Waals surface area contributed by atoms with Crippen molar-refractivity contribution < 1.29 is 9.13 Å². The van der Waals surface area contributed by atoms with Crippen LogP contribution in [-0.2, 0) is 6.42 Å². The van der Waals surface area contributed by atoms with Gasteiger partial charge in [-0.25, -0.2) is 4.39 Å². The maximum atomic E-state index is 13.3. The standard InChI is InChI=1S/C15H15ClFNO/c1-10-5-6-12(17)9-14(10)19-15-11(7-8-18)3-2-4-13(15)16/h2-6,9H,7-8,18H2,1H3. The summed E-state index contributed by atoms with van der Waals surface area (Å²) in [5.74, 6) is 0.669. The summed E-state index contributed by atoms with van der Waals surface area (Å²) in [6, 6.07) is 9.91. The van der Waals surface area contributed by atoms with Gasteiger partial charge >= 0.3 is 0 Å². The molecule has 0 amide bonds. The molecule has 0 aromatic heterocycles. The first kappa shape index (κ1) is 13.8. The maximum Gasteiger partial charge on any atom is 0.149 e. The third-order valence-electron chi connectivity index (χ3n) is 2.82. The zero-order valence-corrected chi connectivity index (χ0v) is 11.4. The van der Waals surface area contributed by atoms with E-state index < -0.39 is 0 Å². The Labute approximate surface area is 117 Å². The van der Waals surface area contributed by atoms with Crippen LogP contribution >= 0.6 is 11.6 Å². The average molecular weight is 280 g/mol. The molecule has 0 spiro atoms. The Morgan fingerprint density at radius 3 is 2.79 bits per heavy atom. The molecular weight excluding hydrogens is 265 g/mol. The maximum absolute atomic E-state index is 13.3. The molecule has 0 saturated carbocycles. The Bertz CT molecular complexity index is 586. The Hall–Kier alpha value is -1.58. The van der Waals surface area contributed by atoms with Crippen LogP contribution in [0.15, 0.2) is 36.4 Å². The van der Waals surface area contributed by atoms with Gasteiger partial charge in [0.15, 0.2) is 0 Å². The van der Waals surface area contributed by atoms with Crippen LogP contribution < -0.4 is 10.5 Å². The molecule has 19 heavy (non-hydrogen) atoms. The molecule has 100 valence electrons. The van der Waals surface area contributed by atoms with E-state index in [1.54, 1.807) is 12.1 Å². The van der Waals surface area contributed by atoms with Gasteiger partial charge in [0.1, 0.15) is 17.3 Å². The molecule has 0 aliphatic heterocycles. The van der Waals surface area contributed by atoms with Gasteiger partial charge in [-0.1, -0.05) is 29.8 Å². The molecule has 2 nitrogen and oxygen atoms in total. The summed E-state index contributed by atoms with van der Waals surface area (Å²) in [7, 11) is 0. The lowest BCUT2D eigenvalue weighted by Crippen LogP contribution is -2.04. The Balaban J connectivity index is 2.39. The van der Waals surface area contributed by atoms with E-state index in [0.29, 0.717) is 29.5 Å². The number of benzene rings is 2. The highest BCUT2D eigenvalue weighted by atomic mass is 35.5. The summed E-state index contributed by atoms with van der Waals surface area (Å²) in [4.78, 5) is 0. The van der Waals surface area contributed by atoms with Crippen molar-refractivity contribution in [3.8, 4) is 11.5 Å². The smallest absolute Gasteiger partial charge is 0.149 e. The highest BCUT2D eigenvalue weighted by Gasteiger charge is 2.11. The summed E-state index contributed by atoms with van der Waals surface area (Å²) in [5.41, 5.74) is 7.33. The molecule has 0 atom stereocenters. The predicted molar refractivity (Wildman–Crippen MR) is 75.4 cm³/mol. The highest BCUT2D eigenvalue weighted by molar-refractivity contribution is 6.32. The van der Waals surface area contributed by atoms with Gasteiger partial charge in [0.2, 0.25) is 0 Å². The first-order chi connectivity index (χ1) is 9.11. The number of rotatable bonds is 4. The fraction of sp³-hybridized carbons (Fsp3) is 0.200. The third-order valence-corrected chi connectivity index (χ3v) is 3.12. The van der Waals surface area contributed by atoms with Crippen molar-refractivity contribution in [2.75, 3.05) is 6.54 Å². The fourth-order valence-corrected chi connectivity index (χ4v) is 2.05. The van der Waals surface area contributed by atoms with Gasteiger partial charge < -0.3 is 10.5 Å². The second-order valence-corrected chi connectivity index (χ2v) is 4.69. The molecule has 0 radical (unpaired) electrons. The molecule has 2 aromatic carbocycles. The Morgan fingerprint density at radius 1 is 1.26 bits per heavy atom. The molecule has 0 aliphatic rings. The second-order valence-electron chi connectivity index (χ2n) is 4.28. The van der Waals surface area contributed by atoms with E-state index in [-0.39, 0.29) is 5.82 Å². The van der Waals surface area contributed by atoms with Crippen molar-refractivity contribution in [1.82, 2.24) is 0 Å². The first-order valence-corrected chi connectivity index (χ1v) is 6.41. The van der Waals surface area contributed by atoms with E-state index >= 15 is 0 Å². The Morgan fingerprint density at radius 2 is 2.05 bits per heavy atom. The summed E-state index contributed by atoms with van der Waals surface area (Å²) >= 11 is 6.15. The number of hydrogen-bond donors (Lipinski definition) is 1. The van der Waals surface area contributed by atoms with Gasteiger partial charge in [0.05, 0.1) is 5.02 Å². The molecular formula is C15H15ClFNO. The van der Waals surface area contributed by atoms with Crippen LogP contribution in [0.5, 0.6) is 11.5 Å². The molecule has 0 saturated heterocycles. The highest BCUT2D eigenvalue weighted by Crippen LogP contribution is 2.34. The van der Waals surface area contributed by atoms with Crippen molar-refractivity contribution in [2.24, 2.45) is 5.73 Å². The molecule has 2 rings (SSSR count). The lowest BCUT2D eigenvalue weighted by Gasteiger charge is -2.14. The van der Waals surface area contributed by atoms with E-state index in [4.69, 9.17) is 22.1 Å². The molecule has 0 fully saturated rings. The van der Waals surface area contributed by atoms with Gasteiger partial charge in [-0.3, -0.25) is 0 Å². The quantitative estimate of drug-likeness (QED) is 0.915. The van der Waals surface area contributed by atoms with Crippen molar-refractivity contribution in [1.29, 1.82) is 0 Å². The zero-order chi connectivity index (χ0) is 13.8. The van der Waals surface area contributed by atoms with Crippen LogP contribution in [0.25, 0.3) is 0 Å². The van der Waals surface area contributed by atoms with Crippen molar-refractivity contribution in [2.45, 2.75) is 13.3 Å². The summed E-state index contributed by atoms with van der Waals surface area (Å²) in [5, 5.41) is 0.495. The van der Waals surface area contributed by atoms with E-state index in [0.717, 1.165) is 11.1 Å². The molecule has 0 heterocycles. The molecule has 0 unspecified atom stereocenters. The number of nitrogens with two attached hydrogens (primary N) is 1. The summed E-state index contributed by atoms with van der Waals surface area (Å²) in [6.45, 7) is 2.35. The molecule has 4 heteroatoms. The largest absolute Gasteiger partial charge is 0.455 e. The third kappa shape index (κ3) is 3.25. The predicted octanol–water partition coefficient (Wildman–Crippen LogP) is 4.08. The number of hydrogen-bond acceptors (Lipinski definition) is 2. The zero-order valence-electron chi connectivity index (χ0n) is 10.6. The van der Waals surface area contributed by atoms with Crippen molar-refractivity contribution in [3.05, 3.63) is 58.4 Å². The van der Waals surface area contributed by atoms with Crippen molar-refractivity contribution in [3.63, 3.8) is 0 Å². The molecule has 0 bridgehead atoms. The monoisotopic (exact) mass is 279 g/mol. The van der Waals surface area contributed by atoms with Crippen LogP contribution in [0.2, 0.25) is 5.02 Å². The number of ether oxygens (including phenoxy) is 1. The minimum absolute atomic E-state index is 0.340. The van der Waals surface area contributed by atoms with Crippen LogP contribution in [-0.4, -0.2) is 6.54 Å². The molecule has 2 aromatic rings. The number of halogens is 2. The molecule has 0 aliphatic carbocycles. The van der Waals surface area contributed by atoms with Crippen LogP contribution in [0.4, 0.5) is 4.39 Å². The van der Waals surface area contributed by atoms with E-state index in [9.17, 15) is 4.39 Å². The fourth-order valence-electron chi connectivity index (χ4n) is 1.81. The second kappa shape index (κ2) is 6.04. The number of para-hydroxylation sites is 1. The van der Waals surface area contributed by atoms with Gasteiger partial charge in [0.25, 0.3) is 0 Å². The lowest BCUT2D eigenvalue weighted by molar-refractivity contribution is 0.467. The van der Waals surface area contributed by atoms with Gasteiger partial charge in [-0.15, -0.1) is 0 Å². The van der Waals surface area contributed by atoms with Gasteiger partial charge in [-0.05, 0) is 43.1 Å². The van der Waals surface area contributed by atoms with Crippen LogP contribution in [0.3, 0.4) is 0 Å². The van der Waals surface area contributed by atoms with E-state index in [1.807, 2.05) is 19.1 Å².